The second-order valence-corrected chi connectivity index (χ2v) is 13.5. The largest absolute Gasteiger partial charge is 0.481 e. The van der Waals surface area contributed by atoms with Crippen LogP contribution in [0.2, 0.25) is 5.02 Å². The number of piperazine rings is 1. The van der Waals surface area contributed by atoms with Crippen molar-refractivity contribution in [2.45, 2.75) is 50.2 Å². The smallest absolute Gasteiger partial charge is 0.407 e. The van der Waals surface area contributed by atoms with Crippen LogP contribution in [-0.2, 0) is 26.0 Å². The van der Waals surface area contributed by atoms with Crippen molar-refractivity contribution in [1.82, 2.24) is 19.9 Å². The average molecular weight is 676 g/mol. The van der Waals surface area contributed by atoms with Gasteiger partial charge in [0.15, 0.2) is 0 Å². The third kappa shape index (κ3) is 8.72. The van der Waals surface area contributed by atoms with Crippen LogP contribution in [0.1, 0.15) is 42.4 Å². The zero-order valence-corrected chi connectivity index (χ0v) is 27.7. The van der Waals surface area contributed by atoms with E-state index in [9.17, 15) is 18.0 Å². The lowest BCUT2D eigenvalue weighted by atomic mass is 9.85. The molecule has 1 aromatic heterocycles. The van der Waals surface area contributed by atoms with Crippen molar-refractivity contribution in [1.29, 1.82) is 0 Å². The number of sulfonamides is 1. The van der Waals surface area contributed by atoms with Crippen molar-refractivity contribution < 1.29 is 31.9 Å². The highest BCUT2D eigenvalue weighted by atomic mass is 35.5. The number of carbonyl (C=O) groups is 2. The monoisotopic (exact) mass is 675 g/mol. The van der Waals surface area contributed by atoms with Gasteiger partial charge in [0, 0.05) is 59.6 Å². The number of rotatable bonds is 12. The lowest BCUT2D eigenvalue weighted by Crippen LogP contribution is -2.57. The fourth-order valence-corrected chi connectivity index (χ4v) is 7.49. The summed E-state index contributed by atoms with van der Waals surface area (Å²) in [7, 11) is -0.761. The molecule has 0 radical (unpaired) electrons. The normalized spacial score (nSPS) is 18.3. The predicted molar refractivity (Wildman–Crippen MR) is 174 cm³/mol. The Hall–Kier alpha value is -3.78. The minimum absolute atomic E-state index is 0.203. The summed E-state index contributed by atoms with van der Waals surface area (Å²) >= 11 is 6.15. The van der Waals surface area contributed by atoms with E-state index in [0.29, 0.717) is 48.0 Å². The first-order valence-electron chi connectivity index (χ1n) is 14.8. The number of nitrogens with one attached hydrogen (secondary N) is 3. The standard InChI is InChI=1S/C32H39ClFN5O6S/c1-20-17-35-19-24(39(20)46(4,42)43)7-5-8-25-26(34)9-6-10-27(25)37-31(40)30(38-32(41)45-3)29(21-11-14-23(33)15-12-21)22-13-16-28(44-2)36-18-22/h6,9-16,18,20,24,29-30,35H,5,7-8,17,19H2,1-4H3,(H,37,40)(H,38,41). The van der Waals surface area contributed by atoms with Gasteiger partial charge < -0.3 is 25.4 Å². The van der Waals surface area contributed by atoms with E-state index in [1.165, 1.54) is 36.9 Å². The van der Waals surface area contributed by atoms with Crippen LogP contribution >= 0.6 is 11.6 Å². The number of ether oxygens (including phenoxy) is 2. The van der Waals surface area contributed by atoms with Crippen LogP contribution in [0.5, 0.6) is 5.88 Å². The maximum Gasteiger partial charge on any atom is 0.407 e. The van der Waals surface area contributed by atoms with Gasteiger partial charge in [0.2, 0.25) is 21.8 Å². The van der Waals surface area contributed by atoms with Crippen molar-refractivity contribution in [3.8, 4) is 5.88 Å². The van der Waals surface area contributed by atoms with Gasteiger partial charge in [-0.05, 0) is 61.6 Å². The minimum atomic E-state index is -3.43. The summed E-state index contributed by atoms with van der Waals surface area (Å²) < 4.78 is 51.8. The summed E-state index contributed by atoms with van der Waals surface area (Å²) in [4.78, 5) is 30.9. The predicted octanol–water partition coefficient (Wildman–Crippen LogP) is 4.32. The molecular weight excluding hydrogens is 637 g/mol. The fourth-order valence-electron chi connectivity index (χ4n) is 5.91. The Morgan fingerprint density at radius 2 is 1.83 bits per heavy atom. The SMILES string of the molecule is COC(=O)NC(C(=O)Nc1cccc(F)c1CCCC1CNCC(C)N1S(C)(=O)=O)C(c1ccc(Cl)cc1)c1ccc(OC)nc1. The summed E-state index contributed by atoms with van der Waals surface area (Å²) in [6, 6.07) is 12.9. The number of hydrogen-bond donors (Lipinski definition) is 3. The lowest BCUT2D eigenvalue weighted by Gasteiger charge is -2.39. The third-order valence-corrected chi connectivity index (χ3v) is 9.64. The number of alkyl carbamates (subject to hydrolysis) is 1. The van der Waals surface area contributed by atoms with Crippen molar-refractivity contribution in [2.24, 2.45) is 0 Å². The van der Waals surface area contributed by atoms with Crippen LogP contribution in [0.25, 0.3) is 0 Å². The molecular formula is C32H39ClFN5O6S. The Labute approximate surface area is 273 Å². The molecule has 14 heteroatoms. The van der Waals surface area contributed by atoms with Crippen molar-refractivity contribution >= 4 is 39.3 Å². The third-order valence-electron chi connectivity index (χ3n) is 7.97. The molecule has 0 spiro atoms. The van der Waals surface area contributed by atoms with Crippen molar-refractivity contribution in [2.75, 3.05) is 38.9 Å². The highest BCUT2D eigenvalue weighted by Gasteiger charge is 2.35. The minimum Gasteiger partial charge on any atom is -0.481 e. The van der Waals surface area contributed by atoms with Crippen LogP contribution in [-0.4, -0.2) is 81.4 Å². The van der Waals surface area contributed by atoms with Gasteiger partial charge in [-0.1, -0.05) is 35.9 Å². The number of methoxy groups -OCH3 is 2. The summed E-state index contributed by atoms with van der Waals surface area (Å²) in [6.07, 6.45) is 3.09. The molecule has 1 aliphatic heterocycles. The Morgan fingerprint density at radius 1 is 1.11 bits per heavy atom. The van der Waals surface area contributed by atoms with Gasteiger partial charge >= 0.3 is 6.09 Å². The van der Waals surface area contributed by atoms with Gasteiger partial charge in [-0.2, -0.15) is 4.31 Å². The van der Waals surface area contributed by atoms with Crippen LogP contribution in [0.3, 0.4) is 0 Å². The van der Waals surface area contributed by atoms with Gasteiger partial charge in [0.25, 0.3) is 0 Å². The number of halogens is 2. The Balaban J connectivity index is 1.62. The van der Waals surface area contributed by atoms with E-state index in [1.54, 1.807) is 48.7 Å². The van der Waals surface area contributed by atoms with E-state index < -0.39 is 39.8 Å². The summed E-state index contributed by atoms with van der Waals surface area (Å²) in [5, 5.41) is 9.22. The first-order chi connectivity index (χ1) is 21.9. The van der Waals surface area contributed by atoms with E-state index >= 15 is 4.39 Å². The van der Waals surface area contributed by atoms with Gasteiger partial charge in [-0.3, -0.25) is 4.79 Å². The quantitative estimate of drug-likeness (QED) is 0.258. The van der Waals surface area contributed by atoms with E-state index in [2.05, 4.69) is 20.9 Å². The molecule has 2 amide bonds. The molecule has 11 nitrogen and oxygen atoms in total. The molecule has 4 atom stereocenters. The van der Waals surface area contributed by atoms with E-state index in [-0.39, 0.29) is 29.8 Å². The molecule has 0 aliphatic carbocycles. The molecule has 248 valence electrons. The number of aromatic nitrogens is 1. The van der Waals surface area contributed by atoms with Gasteiger partial charge in [-0.15, -0.1) is 0 Å². The molecule has 1 fully saturated rings. The number of amides is 2. The van der Waals surface area contributed by atoms with E-state index in [4.69, 9.17) is 21.1 Å². The molecule has 4 unspecified atom stereocenters. The number of nitrogens with zero attached hydrogens (tertiary/aromatic N) is 2. The molecule has 0 bridgehead atoms. The summed E-state index contributed by atoms with van der Waals surface area (Å²) in [5.74, 6) is -1.53. The first-order valence-corrected chi connectivity index (χ1v) is 17.0. The average Bonchev–Trinajstić information content (AvgIpc) is 3.02. The van der Waals surface area contributed by atoms with Gasteiger partial charge in [-0.25, -0.2) is 22.6 Å². The fraction of sp³-hybridized carbons (Fsp3) is 0.406. The molecule has 1 saturated heterocycles. The first kappa shape index (κ1) is 35.1. The number of pyridine rings is 1. The molecule has 3 N–H and O–H groups in total. The second kappa shape index (κ2) is 15.7. The molecule has 46 heavy (non-hydrogen) atoms. The zero-order chi connectivity index (χ0) is 33.4. The second-order valence-electron chi connectivity index (χ2n) is 11.2. The highest BCUT2D eigenvalue weighted by Crippen LogP contribution is 2.32. The molecule has 4 rings (SSSR count). The number of carbonyl (C=O) groups excluding carboxylic acids is 2. The van der Waals surface area contributed by atoms with Gasteiger partial charge in [0.1, 0.15) is 11.9 Å². The van der Waals surface area contributed by atoms with E-state index in [1.807, 2.05) is 6.92 Å². The number of anilines is 1. The van der Waals surface area contributed by atoms with Crippen LogP contribution in [0, 0.1) is 5.82 Å². The summed E-state index contributed by atoms with van der Waals surface area (Å²) in [6.45, 7) is 2.89. The molecule has 1 aliphatic rings. The van der Waals surface area contributed by atoms with Crippen molar-refractivity contribution in [3.63, 3.8) is 0 Å². The molecule has 2 aromatic carbocycles. The Bertz CT molecular complexity index is 1610. The Kier molecular flexibility index (Phi) is 12.0. The maximum absolute atomic E-state index is 15.3. The van der Waals surface area contributed by atoms with Crippen molar-refractivity contribution in [3.05, 3.63) is 88.3 Å². The van der Waals surface area contributed by atoms with Crippen LogP contribution < -0.4 is 20.7 Å². The molecule has 2 heterocycles. The van der Waals surface area contributed by atoms with Gasteiger partial charge in [0.05, 0.1) is 20.5 Å². The summed E-state index contributed by atoms with van der Waals surface area (Å²) in [5.41, 5.74) is 1.74. The molecule has 0 saturated carbocycles. The van der Waals surface area contributed by atoms with E-state index in [0.717, 1.165) is 0 Å². The number of hydrogen-bond acceptors (Lipinski definition) is 8. The molecule has 3 aromatic rings. The van der Waals surface area contributed by atoms with Crippen LogP contribution in [0.4, 0.5) is 14.9 Å². The van der Waals surface area contributed by atoms with Crippen LogP contribution in [0.15, 0.2) is 60.8 Å². The zero-order valence-electron chi connectivity index (χ0n) is 26.1. The topological polar surface area (TPSA) is 139 Å². The number of benzene rings is 2. The lowest BCUT2D eigenvalue weighted by molar-refractivity contribution is -0.118. The highest BCUT2D eigenvalue weighted by molar-refractivity contribution is 7.88. The maximum atomic E-state index is 15.3. The Morgan fingerprint density at radius 3 is 2.46 bits per heavy atom.